The van der Waals surface area contributed by atoms with Crippen molar-refractivity contribution in [3.05, 3.63) is 34.9 Å². The van der Waals surface area contributed by atoms with Gasteiger partial charge in [-0.3, -0.25) is 0 Å². The monoisotopic (exact) mass is 276 g/mol. The molecule has 1 atom stereocenters. The molecule has 0 bridgehead atoms. The van der Waals surface area contributed by atoms with Gasteiger partial charge in [0.1, 0.15) is 9.84 Å². The summed E-state index contributed by atoms with van der Waals surface area (Å²) in [6.07, 6.45) is 2.45. The average molecular weight is 277 g/mol. The van der Waals surface area contributed by atoms with E-state index < -0.39 is 9.84 Å². The molecule has 1 N–H and O–H groups in total. The lowest BCUT2D eigenvalue weighted by Gasteiger charge is -2.14. The normalized spacial score (nSPS) is 13.6. The molecule has 3 nitrogen and oxygen atoms in total. The van der Waals surface area contributed by atoms with Crippen LogP contribution in [0.1, 0.15) is 24.3 Å². The Labute approximate surface area is 107 Å². The highest BCUT2D eigenvalue weighted by Crippen LogP contribution is 2.22. The van der Waals surface area contributed by atoms with E-state index in [1.54, 1.807) is 12.1 Å². The molecule has 0 amide bonds. The van der Waals surface area contributed by atoms with Crippen LogP contribution in [0.4, 0.5) is 0 Å². The molecule has 0 heterocycles. The van der Waals surface area contributed by atoms with Crippen LogP contribution in [0.2, 0.25) is 5.02 Å². The maximum absolute atomic E-state index is 11.0. The Morgan fingerprint density at radius 3 is 2.35 bits per heavy atom. The second kappa shape index (κ2) is 6.38. The van der Waals surface area contributed by atoms with Crippen molar-refractivity contribution >= 4 is 21.4 Å². The molecule has 1 unspecified atom stereocenters. The lowest BCUT2D eigenvalue weighted by atomic mass is 9.95. The quantitative estimate of drug-likeness (QED) is 0.867. The maximum Gasteiger partial charge on any atom is 0.147 e. The summed E-state index contributed by atoms with van der Waals surface area (Å²) in [7, 11) is -2.92. The van der Waals surface area contributed by atoms with Gasteiger partial charge in [0, 0.05) is 29.6 Å². The molecule has 0 fully saturated rings. The zero-order valence-corrected chi connectivity index (χ0v) is 11.3. The fourth-order valence-corrected chi connectivity index (χ4v) is 2.51. The SMILES string of the molecule is CS(=O)(=O)CCCC(CO)c1ccc(Cl)cc1. The van der Waals surface area contributed by atoms with Crippen LogP contribution < -0.4 is 0 Å². The Morgan fingerprint density at radius 1 is 1.29 bits per heavy atom. The third-order valence-corrected chi connectivity index (χ3v) is 3.91. The van der Waals surface area contributed by atoms with Crippen molar-refractivity contribution in [2.75, 3.05) is 18.6 Å². The van der Waals surface area contributed by atoms with Crippen LogP contribution in [-0.2, 0) is 9.84 Å². The highest BCUT2D eigenvalue weighted by molar-refractivity contribution is 7.90. The minimum Gasteiger partial charge on any atom is -0.396 e. The Bertz CT molecular complexity index is 439. The molecular weight excluding hydrogens is 260 g/mol. The van der Waals surface area contributed by atoms with Gasteiger partial charge in [-0.1, -0.05) is 23.7 Å². The molecule has 17 heavy (non-hydrogen) atoms. The van der Waals surface area contributed by atoms with E-state index in [-0.39, 0.29) is 18.3 Å². The number of rotatable bonds is 6. The molecule has 5 heteroatoms. The molecule has 0 aliphatic carbocycles. The molecule has 96 valence electrons. The standard InChI is InChI=1S/C12H17ClO3S/c1-17(15,16)8-2-3-11(9-14)10-4-6-12(13)7-5-10/h4-7,11,14H,2-3,8-9H2,1H3. The van der Waals surface area contributed by atoms with Gasteiger partial charge in [-0.15, -0.1) is 0 Å². The number of sulfone groups is 1. The summed E-state index contributed by atoms with van der Waals surface area (Å²) in [6, 6.07) is 7.28. The smallest absolute Gasteiger partial charge is 0.147 e. The Hall–Kier alpha value is -0.580. The minimum absolute atomic E-state index is 0.0192. The van der Waals surface area contributed by atoms with Crippen LogP contribution in [0, 0.1) is 0 Å². The molecular formula is C12H17ClO3S. The van der Waals surface area contributed by atoms with Crippen LogP contribution in [0.15, 0.2) is 24.3 Å². The van der Waals surface area contributed by atoms with Crippen LogP contribution in [0.3, 0.4) is 0 Å². The Morgan fingerprint density at radius 2 is 1.88 bits per heavy atom. The van der Waals surface area contributed by atoms with E-state index in [0.717, 1.165) is 5.56 Å². The Kier molecular flexibility index (Phi) is 5.43. The summed E-state index contributed by atoms with van der Waals surface area (Å²) < 4.78 is 22.0. The van der Waals surface area contributed by atoms with E-state index in [4.69, 9.17) is 11.6 Å². The lowest BCUT2D eigenvalue weighted by Crippen LogP contribution is -2.08. The molecule has 0 aromatic heterocycles. The molecule has 0 aliphatic heterocycles. The van der Waals surface area contributed by atoms with E-state index >= 15 is 0 Å². The summed E-state index contributed by atoms with van der Waals surface area (Å²) in [5.74, 6) is 0.144. The van der Waals surface area contributed by atoms with Crippen molar-refractivity contribution in [1.82, 2.24) is 0 Å². The fraction of sp³-hybridized carbons (Fsp3) is 0.500. The minimum atomic E-state index is -2.92. The first kappa shape index (κ1) is 14.5. The van der Waals surface area contributed by atoms with Crippen molar-refractivity contribution in [1.29, 1.82) is 0 Å². The van der Waals surface area contributed by atoms with E-state index in [1.807, 2.05) is 12.1 Å². The lowest BCUT2D eigenvalue weighted by molar-refractivity contribution is 0.258. The summed E-state index contributed by atoms with van der Waals surface area (Å²) in [5, 5.41) is 9.95. The molecule has 1 aromatic carbocycles. The van der Waals surface area contributed by atoms with Crippen LogP contribution >= 0.6 is 11.6 Å². The van der Waals surface area contributed by atoms with Gasteiger partial charge in [-0.2, -0.15) is 0 Å². The fourth-order valence-electron chi connectivity index (χ4n) is 1.69. The van der Waals surface area contributed by atoms with Crippen molar-refractivity contribution in [3.8, 4) is 0 Å². The summed E-state index contributed by atoms with van der Waals surface area (Å²) >= 11 is 5.78. The van der Waals surface area contributed by atoms with Crippen LogP contribution in [-0.4, -0.2) is 32.1 Å². The average Bonchev–Trinajstić information content (AvgIpc) is 2.24. The number of benzene rings is 1. The summed E-state index contributed by atoms with van der Waals surface area (Å²) in [4.78, 5) is 0. The third kappa shape index (κ3) is 5.52. The van der Waals surface area contributed by atoms with Gasteiger partial charge in [0.15, 0.2) is 0 Å². The van der Waals surface area contributed by atoms with Crippen molar-refractivity contribution in [3.63, 3.8) is 0 Å². The van der Waals surface area contributed by atoms with Crippen LogP contribution in [0.5, 0.6) is 0 Å². The van der Waals surface area contributed by atoms with Gasteiger partial charge in [0.25, 0.3) is 0 Å². The molecule has 0 saturated heterocycles. The number of hydrogen-bond acceptors (Lipinski definition) is 3. The predicted molar refractivity (Wildman–Crippen MR) is 70.2 cm³/mol. The van der Waals surface area contributed by atoms with Crippen molar-refractivity contribution in [2.24, 2.45) is 0 Å². The number of aliphatic hydroxyl groups is 1. The van der Waals surface area contributed by atoms with E-state index in [1.165, 1.54) is 6.26 Å². The molecule has 0 saturated carbocycles. The highest BCUT2D eigenvalue weighted by atomic mass is 35.5. The van der Waals surface area contributed by atoms with Gasteiger partial charge in [-0.25, -0.2) is 8.42 Å². The van der Waals surface area contributed by atoms with Gasteiger partial charge >= 0.3 is 0 Å². The van der Waals surface area contributed by atoms with E-state index in [2.05, 4.69) is 0 Å². The molecule has 1 rings (SSSR count). The Balaban J connectivity index is 2.57. The maximum atomic E-state index is 11.0. The van der Waals surface area contributed by atoms with Gasteiger partial charge in [-0.05, 0) is 30.5 Å². The molecule has 0 radical (unpaired) electrons. The zero-order valence-electron chi connectivity index (χ0n) is 9.77. The topological polar surface area (TPSA) is 54.4 Å². The van der Waals surface area contributed by atoms with Gasteiger partial charge < -0.3 is 5.11 Å². The van der Waals surface area contributed by atoms with Crippen molar-refractivity contribution < 1.29 is 13.5 Å². The first-order chi connectivity index (χ1) is 7.92. The van der Waals surface area contributed by atoms with E-state index in [9.17, 15) is 13.5 Å². The summed E-state index contributed by atoms with van der Waals surface area (Å²) in [5.41, 5.74) is 0.991. The van der Waals surface area contributed by atoms with Crippen molar-refractivity contribution in [2.45, 2.75) is 18.8 Å². The van der Waals surface area contributed by atoms with E-state index in [0.29, 0.717) is 17.9 Å². The zero-order chi connectivity index (χ0) is 12.9. The first-order valence-corrected chi connectivity index (χ1v) is 7.90. The number of halogens is 1. The largest absolute Gasteiger partial charge is 0.396 e. The van der Waals surface area contributed by atoms with Gasteiger partial charge in [0.05, 0.1) is 0 Å². The third-order valence-electron chi connectivity index (χ3n) is 2.63. The highest BCUT2D eigenvalue weighted by Gasteiger charge is 2.11. The van der Waals surface area contributed by atoms with Crippen LogP contribution in [0.25, 0.3) is 0 Å². The van der Waals surface area contributed by atoms with Gasteiger partial charge in [0.2, 0.25) is 0 Å². The second-order valence-corrected chi connectivity index (χ2v) is 6.90. The number of aliphatic hydroxyl groups excluding tert-OH is 1. The predicted octanol–water partition coefficient (Wildman–Crippen LogP) is 2.24. The second-order valence-electron chi connectivity index (χ2n) is 4.20. The molecule has 0 aliphatic rings. The number of hydrogen-bond donors (Lipinski definition) is 1. The summed E-state index contributed by atoms with van der Waals surface area (Å²) in [6.45, 7) is 0.0192. The molecule has 0 spiro atoms. The first-order valence-electron chi connectivity index (χ1n) is 5.46. The molecule has 1 aromatic rings.